The van der Waals surface area contributed by atoms with Crippen LogP contribution in [0.5, 0.6) is 0 Å². The number of aryl methyl sites for hydroxylation is 1. The number of nitrogens with one attached hydrogen (secondary N) is 2. The minimum Gasteiger partial charge on any atom is -0.308 e. The molecule has 2 aromatic rings. The van der Waals surface area contributed by atoms with Crippen molar-refractivity contribution in [3.05, 3.63) is 57.6 Å². The van der Waals surface area contributed by atoms with E-state index in [0.717, 1.165) is 16.8 Å². The standard InChI is InChI=1S/C15H14Cl2N2O/c1-9-4-3-5-14(10(9)2)19-15(20)18-11-6-7-12(16)13(17)8-11/h3-8H,1-2H3,(H2,18,19,20). The first kappa shape index (κ1) is 14.7. The largest absolute Gasteiger partial charge is 0.323 e. The number of rotatable bonds is 2. The monoisotopic (exact) mass is 308 g/mol. The molecule has 0 bridgehead atoms. The van der Waals surface area contributed by atoms with Gasteiger partial charge in [-0.2, -0.15) is 0 Å². The Labute approximate surface area is 127 Å². The molecule has 0 radical (unpaired) electrons. The number of anilines is 2. The third-order valence-corrected chi connectivity index (χ3v) is 3.77. The van der Waals surface area contributed by atoms with Gasteiger partial charge in [0.05, 0.1) is 10.0 Å². The molecule has 20 heavy (non-hydrogen) atoms. The predicted octanol–water partition coefficient (Wildman–Crippen LogP) is 5.25. The van der Waals surface area contributed by atoms with Gasteiger partial charge in [-0.1, -0.05) is 35.3 Å². The van der Waals surface area contributed by atoms with Gasteiger partial charge in [-0.05, 0) is 49.2 Å². The molecule has 0 aromatic heterocycles. The van der Waals surface area contributed by atoms with Crippen molar-refractivity contribution in [3.63, 3.8) is 0 Å². The van der Waals surface area contributed by atoms with Crippen molar-refractivity contribution in [3.8, 4) is 0 Å². The lowest BCUT2D eigenvalue weighted by Gasteiger charge is -2.11. The molecule has 0 unspecified atom stereocenters. The van der Waals surface area contributed by atoms with Crippen molar-refractivity contribution < 1.29 is 4.79 Å². The Bertz CT molecular complexity index is 656. The first-order chi connectivity index (χ1) is 9.47. The van der Waals surface area contributed by atoms with Gasteiger partial charge in [-0.25, -0.2) is 4.79 Å². The Morgan fingerprint density at radius 3 is 2.45 bits per heavy atom. The first-order valence-corrected chi connectivity index (χ1v) is 6.82. The van der Waals surface area contributed by atoms with Gasteiger partial charge in [0.1, 0.15) is 0 Å². The van der Waals surface area contributed by atoms with Crippen LogP contribution in [0.2, 0.25) is 10.0 Å². The zero-order valence-corrected chi connectivity index (χ0v) is 12.6. The maximum Gasteiger partial charge on any atom is 0.323 e. The molecule has 0 saturated carbocycles. The molecule has 5 heteroatoms. The third kappa shape index (κ3) is 3.44. The highest BCUT2D eigenvalue weighted by molar-refractivity contribution is 6.42. The van der Waals surface area contributed by atoms with E-state index in [0.29, 0.717) is 15.7 Å². The van der Waals surface area contributed by atoms with E-state index in [4.69, 9.17) is 23.2 Å². The number of hydrogen-bond donors (Lipinski definition) is 2. The summed E-state index contributed by atoms with van der Waals surface area (Å²) in [4.78, 5) is 11.9. The predicted molar refractivity (Wildman–Crippen MR) is 85.0 cm³/mol. The van der Waals surface area contributed by atoms with E-state index < -0.39 is 0 Å². The van der Waals surface area contributed by atoms with Gasteiger partial charge in [0.2, 0.25) is 0 Å². The fourth-order valence-corrected chi connectivity index (χ4v) is 2.04. The Morgan fingerprint density at radius 2 is 1.75 bits per heavy atom. The average molecular weight is 309 g/mol. The lowest BCUT2D eigenvalue weighted by molar-refractivity contribution is 0.262. The van der Waals surface area contributed by atoms with E-state index in [1.54, 1.807) is 18.2 Å². The molecule has 2 amide bonds. The van der Waals surface area contributed by atoms with Gasteiger partial charge < -0.3 is 10.6 Å². The molecule has 2 N–H and O–H groups in total. The zero-order valence-electron chi connectivity index (χ0n) is 11.1. The molecule has 2 aromatic carbocycles. The van der Waals surface area contributed by atoms with E-state index in [-0.39, 0.29) is 6.03 Å². The maximum absolute atomic E-state index is 11.9. The van der Waals surface area contributed by atoms with Crippen molar-refractivity contribution in [2.75, 3.05) is 10.6 Å². The minimum atomic E-state index is -0.322. The Kier molecular flexibility index (Phi) is 4.53. The number of carbonyl (C=O) groups is 1. The van der Waals surface area contributed by atoms with Crippen molar-refractivity contribution >= 4 is 40.6 Å². The second-order valence-electron chi connectivity index (χ2n) is 4.46. The Morgan fingerprint density at radius 1 is 1.00 bits per heavy atom. The van der Waals surface area contributed by atoms with Gasteiger partial charge in [-0.3, -0.25) is 0 Å². The highest BCUT2D eigenvalue weighted by atomic mass is 35.5. The molecule has 0 fully saturated rings. The molecule has 0 aliphatic rings. The summed E-state index contributed by atoms with van der Waals surface area (Å²) in [6.07, 6.45) is 0. The quantitative estimate of drug-likeness (QED) is 0.781. The van der Waals surface area contributed by atoms with Crippen LogP contribution in [0.4, 0.5) is 16.2 Å². The lowest BCUT2D eigenvalue weighted by atomic mass is 10.1. The number of benzene rings is 2. The van der Waals surface area contributed by atoms with Gasteiger partial charge in [-0.15, -0.1) is 0 Å². The summed E-state index contributed by atoms with van der Waals surface area (Å²) in [6.45, 7) is 3.96. The van der Waals surface area contributed by atoms with Crippen LogP contribution in [0.25, 0.3) is 0 Å². The third-order valence-electron chi connectivity index (χ3n) is 3.03. The average Bonchev–Trinajstić information content (AvgIpc) is 2.39. The summed E-state index contributed by atoms with van der Waals surface area (Å²) in [7, 11) is 0. The smallest absolute Gasteiger partial charge is 0.308 e. The second-order valence-corrected chi connectivity index (χ2v) is 5.27. The van der Waals surface area contributed by atoms with Crippen LogP contribution in [-0.2, 0) is 0 Å². The number of carbonyl (C=O) groups excluding carboxylic acids is 1. The van der Waals surface area contributed by atoms with E-state index in [1.807, 2.05) is 32.0 Å². The molecule has 0 aliphatic carbocycles. The van der Waals surface area contributed by atoms with Gasteiger partial charge >= 0.3 is 6.03 Å². The molecular weight excluding hydrogens is 295 g/mol. The Balaban J connectivity index is 2.09. The van der Waals surface area contributed by atoms with Crippen LogP contribution in [-0.4, -0.2) is 6.03 Å². The molecule has 0 saturated heterocycles. The van der Waals surface area contributed by atoms with E-state index in [9.17, 15) is 4.79 Å². The molecule has 104 valence electrons. The molecular formula is C15H14Cl2N2O. The number of urea groups is 1. The van der Waals surface area contributed by atoms with Crippen LogP contribution in [0.15, 0.2) is 36.4 Å². The number of amides is 2. The van der Waals surface area contributed by atoms with Gasteiger partial charge in [0.15, 0.2) is 0 Å². The van der Waals surface area contributed by atoms with Crippen molar-refractivity contribution in [2.24, 2.45) is 0 Å². The molecule has 2 rings (SSSR count). The van der Waals surface area contributed by atoms with Crippen LogP contribution in [0, 0.1) is 13.8 Å². The summed E-state index contributed by atoms with van der Waals surface area (Å²) >= 11 is 11.7. The van der Waals surface area contributed by atoms with Gasteiger partial charge in [0.25, 0.3) is 0 Å². The minimum absolute atomic E-state index is 0.322. The topological polar surface area (TPSA) is 41.1 Å². The van der Waals surface area contributed by atoms with Crippen LogP contribution in [0.3, 0.4) is 0 Å². The number of halogens is 2. The first-order valence-electron chi connectivity index (χ1n) is 6.06. The summed E-state index contributed by atoms with van der Waals surface area (Å²) in [6, 6.07) is 10.4. The highest BCUT2D eigenvalue weighted by Crippen LogP contribution is 2.25. The van der Waals surface area contributed by atoms with Crippen LogP contribution < -0.4 is 10.6 Å². The van der Waals surface area contributed by atoms with Crippen molar-refractivity contribution in [2.45, 2.75) is 13.8 Å². The fraction of sp³-hybridized carbons (Fsp3) is 0.133. The Hall–Kier alpha value is -1.71. The summed E-state index contributed by atoms with van der Waals surface area (Å²) in [5.41, 5.74) is 3.53. The summed E-state index contributed by atoms with van der Waals surface area (Å²) in [5, 5.41) is 6.37. The van der Waals surface area contributed by atoms with Crippen LogP contribution >= 0.6 is 23.2 Å². The fourth-order valence-electron chi connectivity index (χ4n) is 1.75. The van der Waals surface area contributed by atoms with E-state index in [1.165, 1.54) is 0 Å². The molecule has 0 heterocycles. The maximum atomic E-state index is 11.9. The molecule has 0 aliphatic heterocycles. The second kappa shape index (κ2) is 6.16. The summed E-state index contributed by atoms with van der Waals surface area (Å²) in [5.74, 6) is 0. The highest BCUT2D eigenvalue weighted by Gasteiger charge is 2.07. The van der Waals surface area contributed by atoms with E-state index in [2.05, 4.69) is 10.6 Å². The normalized spacial score (nSPS) is 10.2. The number of hydrogen-bond acceptors (Lipinski definition) is 1. The molecule has 0 atom stereocenters. The van der Waals surface area contributed by atoms with Crippen molar-refractivity contribution in [1.29, 1.82) is 0 Å². The summed E-state index contributed by atoms with van der Waals surface area (Å²) < 4.78 is 0. The SMILES string of the molecule is Cc1cccc(NC(=O)Nc2ccc(Cl)c(Cl)c2)c1C. The molecule has 0 spiro atoms. The lowest BCUT2D eigenvalue weighted by Crippen LogP contribution is -2.20. The van der Waals surface area contributed by atoms with Gasteiger partial charge in [0, 0.05) is 11.4 Å². The van der Waals surface area contributed by atoms with Crippen molar-refractivity contribution in [1.82, 2.24) is 0 Å². The zero-order chi connectivity index (χ0) is 14.7. The molecule has 3 nitrogen and oxygen atoms in total. The van der Waals surface area contributed by atoms with Crippen LogP contribution in [0.1, 0.15) is 11.1 Å². The van der Waals surface area contributed by atoms with E-state index >= 15 is 0 Å².